The molecule has 3 N–H and O–H groups in total. The van der Waals surface area contributed by atoms with Gasteiger partial charge in [0.05, 0.1) is 16.5 Å². The van der Waals surface area contributed by atoms with E-state index in [1.807, 2.05) is 0 Å². The van der Waals surface area contributed by atoms with Crippen LogP contribution < -0.4 is 15.9 Å². The van der Waals surface area contributed by atoms with E-state index in [0.717, 1.165) is 45.9 Å². The Kier molecular flexibility index (Phi) is 6.35. The van der Waals surface area contributed by atoms with E-state index in [2.05, 4.69) is 10.3 Å². The summed E-state index contributed by atoms with van der Waals surface area (Å²) in [4.78, 5) is 68.0. The van der Waals surface area contributed by atoms with Gasteiger partial charge in [0.25, 0.3) is 5.91 Å². The second-order valence-corrected chi connectivity index (χ2v) is 10.6. The molecule has 15 heteroatoms. The number of nitrogens with one attached hydrogen (secondary N) is 1. The molecule has 0 aliphatic carbocycles. The molecule has 196 valence electrons. The Bertz CT molecular complexity index is 1540. The van der Waals surface area contributed by atoms with Crippen molar-refractivity contribution < 1.29 is 32.3 Å². The summed E-state index contributed by atoms with van der Waals surface area (Å²) in [6.45, 7) is -0.563. The van der Waals surface area contributed by atoms with Gasteiger partial charge in [-0.25, -0.2) is 4.79 Å². The molecule has 10 nitrogen and oxygen atoms in total. The summed E-state index contributed by atoms with van der Waals surface area (Å²) in [5.41, 5.74) is 4.72. The molecule has 1 saturated heterocycles. The third kappa shape index (κ3) is 4.36. The summed E-state index contributed by atoms with van der Waals surface area (Å²) in [5, 5.41) is 1.49. The van der Waals surface area contributed by atoms with E-state index in [1.54, 1.807) is 12.1 Å². The lowest BCUT2D eigenvalue weighted by Gasteiger charge is -2.30. The van der Waals surface area contributed by atoms with Crippen molar-refractivity contribution in [1.29, 1.82) is 0 Å². The Balaban J connectivity index is 1.51. The second kappa shape index (κ2) is 9.40. The first-order chi connectivity index (χ1) is 18.0. The Morgan fingerprint density at radius 1 is 1.11 bits per heavy atom. The lowest BCUT2D eigenvalue weighted by molar-refractivity contribution is -0.138. The Morgan fingerprint density at radius 2 is 1.87 bits per heavy atom. The number of thioether (sulfide) groups is 1. The fraction of sp³-hybridized carbons (Fsp3) is 0.217. The van der Waals surface area contributed by atoms with Crippen molar-refractivity contribution >= 4 is 52.5 Å². The van der Waals surface area contributed by atoms with E-state index in [1.165, 1.54) is 18.5 Å². The molecule has 3 aromatic rings. The van der Waals surface area contributed by atoms with Crippen LogP contribution in [0.5, 0.6) is 0 Å². The number of pyridine rings is 1. The van der Waals surface area contributed by atoms with E-state index in [-0.39, 0.29) is 10.7 Å². The number of rotatable bonds is 4. The van der Waals surface area contributed by atoms with Crippen molar-refractivity contribution in [3.8, 4) is 0 Å². The van der Waals surface area contributed by atoms with Crippen LogP contribution in [0.15, 0.2) is 58.6 Å². The number of imide groups is 3. The molecule has 1 aromatic carbocycles. The number of amides is 5. The fourth-order valence-electron chi connectivity index (χ4n) is 4.51. The first-order valence-electron chi connectivity index (χ1n) is 10.9. The number of carbonyl (C=O) groups excluding carboxylic acids is 4. The van der Waals surface area contributed by atoms with Gasteiger partial charge in [-0.05, 0) is 29.8 Å². The number of halogens is 3. The van der Waals surface area contributed by atoms with Gasteiger partial charge in [0.1, 0.15) is 11.8 Å². The molecule has 2 aromatic heterocycles. The van der Waals surface area contributed by atoms with Crippen molar-refractivity contribution in [1.82, 2.24) is 14.5 Å². The number of fused-ring (bicyclic) bond motifs is 2. The Labute approximate surface area is 219 Å². The maximum atomic E-state index is 13.1. The number of aromatic nitrogens is 2. The number of primary amides is 1. The highest BCUT2D eigenvalue weighted by atomic mass is 32.2. The number of nitrogens with zero attached hydrogens (tertiary/aromatic N) is 3. The van der Waals surface area contributed by atoms with Crippen molar-refractivity contribution in [3.63, 3.8) is 0 Å². The quantitative estimate of drug-likeness (QED) is 0.465. The lowest BCUT2D eigenvalue weighted by Crippen LogP contribution is -2.41. The zero-order valence-electron chi connectivity index (χ0n) is 19.0. The van der Waals surface area contributed by atoms with Gasteiger partial charge in [0.2, 0.25) is 11.8 Å². The van der Waals surface area contributed by atoms with Crippen LogP contribution in [0.3, 0.4) is 0 Å². The number of hydrogen-bond donors (Lipinski definition) is 2. The molecular weight excluding hydrogens is 547 g/mol. The molecule has 38 heavy (non-hydrogen) atoms. The molecule has 0 bridgehead atoms. The average Bonchev–Trinajstić information content (AvgIpc) is 3.30. The predicted octanol–water partition coefficient (Wildman–Crippen LogP) is 2.63. The molecule has 4 heterocycles. The number of benzene rings is 1. The summed E-state index contributed by atoms with van der Waals surface area (Å²) in [7, 11) is 0. The van der Waals surface area contributed by atoms with Gasteiger partial charge in [0.15, 0.2) is 0 Å². The first kappa shape index (κ1) is 25.7. The Hall–Kier alpha value is -3.98. The van der Waals surface area contributed by atoms with Crippen molar-refractivity contribution in [3.05, 3.63) is 74.5 Å². The number of urea groups is 1. The summed E-state index contributed by atoms with van der Waals surface area (Å²) in [6, 6.07) is 6.09. The van der Waals surface area contributed by atoms with Crippen LogP contribution in [0, 0.1) is 5.92 Å². The van der Waals surface area contributed by atoms with Gasteiger partial charge in [-0.15, -0.1) is 0 Å². The molecule has 1 fully saturated rings. The van der Waals surface area contributed by atoms with E-state index in [9.17, 15) is 37.1 Å². The molecule has 0 unspecified atom stereocenters. The van der Waals surface area contributed by atoms with E-state index in [0.29, 0.717) is 15.3 Å². The standard InChI is InChI=1S/C23H16F3N5O5S2/c24-23(25,26)11-4-1-5-12(7-11)29-13(32)9-30-20-17(38-22(30)36)14(10-3-2-6-28-8-10)15-16(37-20)19(34)31(18(15)33)21(27)35/h1-8,14-16H,9H2,(H2,27,35)(H,29,32)/t14-,15+,16-/m0/s1. The van der Waals surface area contributed by atoms with Gasteiger partial charge in [-0.1, -0.05) is 35.2 Å². The molecule has 3 atom stereocenters. The van der Waals surface area contributed by atoms with Crippen molar-refractivity contribution in [2.75, 3.05) is 5.32 Å². The number of hydrogen-bond acceptors (Lipinski definition) is 8. The number of likely N-dealkylation sites (tertiary alicyclic amines) is 1. The highest BCUT2D eigenvalue weighted by molar-refractivity contribution is 8.00. The number of thiazole rings is 1. The molecule has 0 radical (unpaired) electrons. The molecular formula is C23H16F3N5O5S2. The minimum absolute atomic E-state index is 0.114. The second-order valence-electron chi connectivity index (χ2n) is 8.43. The van der Waals surface area contributed by atoms with Crippen LogP contribution in [0.4, 0.5) is 23.7 Å². The maximum absolute atomic E-state index is 13.1. The first-order valence-corrected chi connectivity index (χ1v) is 12.6. The lowest BCUT2D eigenvalue weighted by atomic mass is 9.84. The van der Waals surface area contributed by atoms with Crippen molar-refractivity contribution in [2.24, 2.45) is 11.7 Å². The fourth-order valence-corrected chi connectivity index (χ4v) is 7.28. The summed E-state index contributed by atoms with van der Waals surface area (Å²) in [5.74, 6) is -4.27. The predicted molar refractivity (Wildman–Crippen MR) is 129 cm³/mol. The number of anilines is 1. The van der Waals surface area contributed by atoms with Crippen LogP contribution in [0.2, 0.25) is 0 Å². The van der Waals surface area contributed by atoms with Gasteiger partial charge >= 0.3 is 17.1 Å². The highest BCUT2D eigenvalue weighted by Crippen LogP contribution is 2.53. The van der Waals surface area contributed by atoms with Gasteiger partial charge in [-0.3, -0.25) is 28.7 Å². The third-order valence-corrected chi connectivity index (χ3v) is 8.69. The zero-order valence-corrected chi connectivity index (χ0v) is 20.6. The van der Waals surface area contributed by atoms with Gasteiger partial charge in [-0.2, -0.15) is 18.1 Å². The molecule has 5 rings (SSSR count). The largest absolute Gasteiger partial charge is 0.416 e. The summed E-state index contributed by atoms with van der Waals surface area (Å²) in [6.07, 6.45) is -1.63. The molecule has 2 aliphatic rings. The number of nitrogens with two attached hydrogens (primary N) is 1. The van der Waals surface area contributed by atoms with Gasteiger partial charge in [0, 0.05) is 28.9 Å². The molecule has 0 spiro atoms. The van der Waals surface area contributed by atoms with Gasteiger partial charge < -0.3 is 11.1 Å². The van der Waals surface area contributed by atoms with Crippen LogP contribution in [0.1, 0.15) is 21.9 Å². The third-order valence-electron chi connectivity index (χ3n) is 6.09. The highest BCUT2D eigenvalue weighted by Gasteiger charge is 2.58. The molecule has 0 saturated carbocycles. The van der Waals surface area contributed by atoms with Crippen molar-refractivity contribution in [2.45, 2.75) is 28.9 Å². The van der Waals surface area contributed by atoms with Crippen LogP contribution in [-0.4, -0.2) is 43.5 Å². The maximum Gasteiger partial charge on any atom is 0.416 e. The van der Waals surface area contributed by atoms with E-state index in [4.69, 9.17) is 5.73 Å². The van der Waals surface area contributed by atoms with E-state index >= 15 is 0 Å². The minimum atomic E-state index is -4.61. The summed E-state index contributed by atoms with van der Waals surface area (Å²) >= 11 is 1.63. The summed E-state index contributed by atoms with van der Waals surface area (Å²) < 4.78 is 40.2. The smallest absolute Gasteiger partial charge is 0.351 e. The van der Waals surface area contributed by atoms with Crippen LogP contribution in [-0.2, 0) is 27.1 Å². The normalized spacial score (nSPS) is 20.7. The number of carbonyl (C=O) groups is 4. The average molecular weight is 564 g/mol. The Morgan fingerprint density at radius 3 is 2.53 bits per heavy atom. The molecule has 5 amide bonds. The van der Waals surface area contributed by atoms with E-state index < -0.39 is 64.0 Å². The SMILES string of the molecule is NC(=O)N1C(=O)[C@@H]2[C@H](c3cccnc3)c3sc(=O)n(CC(=O)Nc4cccc(C(F)(F)F)c4)c3S[C@@H]2C1=O. The van der Waals surface area contributed by atoms with Crippen LogP contribution in [0.25, 0.3) is 0 Å². The minimum Gasteiger partial charge on any atom is -0.351 e. The van der Waals surface area contributed by atoms with Crippen LogP contribution >= 0.6 is 23.1 Å². The monoisotopic (exact) mass is 563 g/mol. The molecule has 2 aliphatic heterocycles. The topological polar surface area (TPSA) is 144 Å². The zero-order chi connectivity index (χ0) is 27.4. The number of alkyl halides is 3.